The van der Waals surface area contributed by atoms with E-state index >= 15 is 0 Å². The Balaban J connectivity index is 1.53. The van der Waals surface area contributed by atoms with Crippen molar-refractivity contribution in [2.75, 3.05) is 23.9 Å². The Morgan fingerprint density at radius 1 is 1.00 bits per heavy atom. The van der Waals surface area contributed by atoms with Gasteiger partial charge in [-0.1, -0.05) is 25.3 Å². The summed E-state index contributed by atoms with van der Waals surface area (Å²) in [6.45, 7) is 0. The number of rotatable bonds is 5. The van der Waals surface area contributed by atoms with Crippen molar-refractivity contribution in [3.63, 3.8) is 0 Å². The van der Waals surface area contributed by atoms with Crippen molar-refractivity contribution in [2.45, 2.75) is 50.2 Å². The highest BCUT2D eigenvalue weighted by molar-refractivity contribution is 7.80. The highest BCUT2D eigenvalue weighted by Crippen LogP contribution is 2.42. The summed E-state index contributed by atoms with van der Waals surface area (Å²) in [6, 6.07) is 17.6. The van der Waals surface area contributed by atoms with Crippen molar-refractivity contribution in [1.82, 2.24) is 14.9 Å². The number of nitrogens with one attached hydrogen (secondary N) is 1. The maximum Gasteiger partial charge on any atom is 0.174 e. The lowest BCUT2D eigenvalue weighted by Crippen LogP contribution is -2.29. The van der Waals surface area contributed by atoms with Crippen LogP contribution >= 0.6 is 12.2 Å². The first kappa shape index (κ1) is 21.0. The van der Waals surface area contributed by atoms with E-state index in [4.69, 9.17) is 12.2 Å². The van der Waals surface area contributed by atoms with Crippen molar-refractivity contribution >= 4 is 28.7 Å². The molecule has 0 radical (unpaired) electrons. The van der Waals surface area contributed by atoms with Crippen molar-refractivity contribution in [3.8, 4) is 0 Å². The largest absolute Gasteiger partial charge is 0.378 e. The highest BCUT2D eigenvalue weighted by Gasteiger charge is 2.41. The van der Waals surface area contributed by atoms with Crippen molar-refractivity contribution in [1.29, 1.82) is 0 Å². The Bertz CT molecular complexity index is 1050. The van der Waals surface area contributed by atoms with Gasteiger partial charge in [-0.2, -0.15) is 0 Å². The Hall–Kier alpha value is -2.86. The fourth-order valence-corrected chi connectivity index (χ4v) is 5.44. The lowest BCUT2D eigenvalue weighted by molar-refractivity contribution is 0.353. The zero-order valence-electron chi connectivity index (χ0n) is 18.8. The lowest BCUT2D eigenvalue weighted by atomic mass is 9.95. The van der Waals surface area contributed by atoms with Gasteiger partial charge in [0.05, 0.1) is 17.8 Å². The van der Waals surface area contributed by atoms with Crippen LogP contribution in [0.25, 0.3) is 0 Å². The Labute approximate surface area is 196 Å². The molecule has 166 valence electrons. The van der Waals surface area contributed by atoms with Crippen molar-refractivity contribution in [2.24, 2.45) is 0 Å². The third-order valence-electron chi connectivity index (χ3n) is 6.82. The average Bonchev–Trinajstić information content (AvgIpc) is 3.45. The second-order valence-corrected chi connectivity index (χ2v) is 9.48. The summed E-state index contributed by atoms with van der Waals surface area (Å²) < 4.78 is 2.43. The van der Waals surface area contributed by atoms with Gasteiger partial charge in [0.15, 0.2) is 5.11 Å². The molecule has 5 nitrogen and oxygen atoms in total. The minimum absolute atomic E-state index is 0.000527. The zero-order chi connectivity index (χ0) is 22.1. The third-order valence-corrected chi connectivity index (χ3v) is 7.13. The standard InChI is InChI=1S/C26H31N5S/c1-29(2)20-11-13-22(14-12-20)31-25(24(28-26(31)32)23-10-6-7-16-27-23)19-15-17-30(18-19)21-8-4-3-5-9-21/h6-7,10-18,21,24-25H,3-5,8-9H2,1-2H3,(H,28,32)/t24-,25+/m0/s1. The molecule has 0 amide bonds. The molecule has 5 rings (SSSR count). The fourth-order valence-electron chi connectivity index (χ4n) is 5.09. The van der Waals surface area contributed by atoms with Gasteiger partial charge < -0.3 is 19.7 Å². The van der Waals surface area contributed by atoms with Gasteiger partial charge in [-0.05, 0) is 73.1 Å². The average molecular weight is 446 g/mol. The number of hydrogen-bond acceptors (Lipinski definition) is 3. The number of benzene rings is 1. The van der Waals surface area contributed by atoms with E-state index in [1.807, 2.05) is 18.3 Å². The van der Waals surface area contributed by atoms with Crippen molar-refractivity contribution < 1.29 is 0 Å². The maximum atomic E-state index is 5.86. The number of anilines is 2. The molecular formula is C26H31N5S. The minimum atomic E-state index is -0.000527. The molecule has 2 atom stereocenters. The predicted octanol–water partition coefficient (Wildman–Crippen LogP) is 5.63. The first-order chi connectivity index (χ1) is 15.6. The smallest absolute Gasteiger partial charge is 0.174 e. The van der Waals surface area contributed by atoms with Crippen LogP contribution in [-0.4, -0.2) is 28.8 Å². The summed E-state index contributed by atoms with van der Waals surface area (Å²) >= 11 is 5.86. The summed E-state index contributed by atoms with van der Waals surface area (Å²) in [6.07, 6.45) is 13.0. The first-order valence-corrected chi connectivity index (χ1v) is 12.0. The number of pyridine rings is 1. The summed E-state index contributed by atoms with van der Waals surface area (Å²) in [5, 5.41) is 4.31. The Kier molecular flexibility index (Phi) is 5.87. The molecule has 1 saturated carbocycles. The SMILES string of the molecule is CN(C)c1ccc(N2C(=S)N[C@@H](c3ccccn3)[C@H]2c2ccn(C3CCCCC3)c2)cc1. The van der Waals surface area contributed by atoms with E-state index in [1.54, 1.807) is 0 Å². The molecule has 2 aliphatic rings. The van der Waals surface area contributed by atoms with Gasteiger partial charge >= 0.3 is 0 Å². The fraction of sp³-hybridized carbons (Fsp3) is 0.385. The second kappa shape index (κ2) is 8.94. The van der Waals surface area contributed by atoms with Crippen LogP contribution in [-0.2, 0) is 0 Å². The molecule has 1 aliphatic heterocycles. The number of nitrogens with zero attached hydrogens (tertiary/aromatic N) is 4. The predicted molar refractivity (Wildman–Crippen MR) is 135 cm³/mol. The Morgan fingerprint density at radius 3 is 2.47 bits per heavy atom. The van der Waals surface area contributed by atoms with E-state index in [0.29, 0.717) is 6.04 Å². The normalized spacial score (nSPS) is 21.6. The summed E-state index contributed by atoms with van der Waals surface area (Å²) in [5.74, 6) is 0. The molecule has 0 unspecified atom stereocenters. The van der Waals surface area contributed by atoms with Crippen LogP contribution < -0.4 is 15.1 Å². The topological polar surface area (TPSA) is 36.3 Å². The van der Waals surface area contributed by atoms with Gasteiger partial charge in [-0.25, -0.2) is 0 Å². The van der Waals surface area contributed by atoms with Crippen LogP contribution in [0.1, 0.15) is 61.5 Å². The van der Waals surface area contributed by atoms with Gasteiger partial charge in [0, 0.05) is 50.1 Å². The molecule has 3 heterocycles. The third kappa shape index (κ3) is 3.99. The number of hydrogen-bond donors (Lipinski definition) is 1. The lowest BCUT2D eigenvalue weighted by Gasteiger charge is -2.28. The van der Waals surface area contributed by atoms with Gasteiger partial charge in [0.25, 0.3) is 0 Å². The Morgan fingerprint density at radius 2 is 1.78 bits per heavy atom. The molecule has 1 aliphatic carbocycles. The van der Waals surface area contributed by atoms with Crippen LogP contribution in [0.2, 0.25) is 0 Å². The van der Waals surface area contributed by atoms with Crippen molar-refractivity contribution in [3.05, 3.63) is 78.4 Å². The molecule has 1 saturated heterocycles. The van der Waals surface area contributed by atoms with Crippen LogP contribution in [0, 0.1) is 0 Å². The van der Waals surface area contributed by atoms with E-state index in [1.165, 1.54) is 43.4 Å². The van der Waals surface area contributed by atoms with E-state index in [-0.39, 0.29) is 12.1 Å². The van der Waals surface area contributed by atoms with E-state index < -0.39 is 0 Å². The van der Waals surface area contributed by atoms with E-state index in [0.717, 1.165) is 16.5 Å². The van der Waals surface area contributed by atoms with E-state index in [2.05, 4.69) is 87.6 Å². The highest BCUT2D eigenvalue weighted by atomic mass is 32.1. The van der Waals surface area contributed by atoms with Gasteiger partial charge in [0.1, 0.15) is 0 Å². The number of aromatic nitrogens is 2. The molecule has 1 N–H and O–H groups in total. The van der Waals surface area contributed by atoms with Crippen LogP contribution in [0.4, 0.5) is 11.4 Å². The zero-order valence-corrected chi connectivity index (χ0v) is 19.6. The van der Waals surface area contributed by atoms with Gasteiger partial charge in [0.2, 0.25) is 0 Å². The van der Waals surface area contributed by atoms with Gasteiger partial charge in [-0.3, -0.25) is 4.98 Å². The molecular weight excluding hydrogens is 414 g/mol. The summed E-state index contributed by atoms with van der Waals surface area (Å²) in [4.78, 5) is 9.04. The van der Waals surface area contributed by atoms with Gasteiger partial charge in [-0.15, -0.1) is 0 Å². The van der Waals surface area contributed by atoms with Crippen LogP contribution in [0.3, 0.4) is 0 Å². The monoisotopic (exact) mass is 445 g/mol. The molecule has 3 aromatic rings. The van der Waals surface area contributed by atoms with Crippen LogP contribution in [0.5, 0.6) is 0 Å². The number of thiocarbonyl (C=S) groups is 1. The maximum absolute atomic E-state index is 5.86. The summed E-state index contributed by atoms with van der Waals surface area (Å²) in [7, 11) is 4.12. The molecule has 6 heteroatoms. The quantitative estimate of drug-likeness (QED) is 0.515. The summed E-state index contributed by atoms with van der Waals surface area (Å²) in [5.41, 5.74) is 4.56. The molecule has 2 fully saturated rings. The minimum Gasteiger partial charge on any atom is -0.378 e. The molecule has 0 bridgehead atoms. The van der Waals surface area contributed by atoms with E-state index in [9.17, 15) is 0 Å². The second-order valence-electron chi connectivity index (χ2n) is 9.09. The molecule has 32 heavy (non-hydrogen) atoms. The molecule has 1 aromatic carbocycles. The van der Waals surface area contributed by atoms with Crippen LogP contribution in [0.15, 0.2) is 67.1 Å². The first-order valence-electron chi connectivity index (χ1n) is 11.6. The molecule has 0 spiro atoms. The molecule has 2 aromatic heterocycles.